The minimum Gasteiger partial charge on any atom is -0.495 e. The fraction of sp³-hybridized carbons (Fsp3) is 0.133. The van der Waals surface area contributed by atoms with Crippen LogP contribution in [0.1, 0.15) is 5.56 Å². The molecule has 0 unspecified atom stereocenters. The van der Waals surface area contributed by atoms with Crippen molar-refractivity contribution in [2.75, 3.05) is 17.7 Å². The molecule has 0 spiro atoms. The van der Waals surface area contributed by atoms with Gasteiger partial charge < -0.3 is 15.4 Å². The van der Waals surface area contributed by atoms with Crippen molar-refractivity contribution in [1.82, 2.24) is 0 Å². The Morgan fingerprint density at radius 3 is 2.52 bits per heavy atom. The summed E-state index contributed by atoms with van der Waals surface area (Å²) in [5.41, 5.74) is -0.684. The minimum absolute atomic E-state index is 0.0434. The van der Waals surface area contributed by atoms with Crippen molar-refractivity contribution in [3.8, 4) is 5.75 Å². The quantitative estimate of drug-likeness (QED) is 0.470. The molecule has 0 aliphatic heterocycles. The van der Waals surface area contributed by atoms with E-state index in [-0.39, 0.29) is 22.2 Å². The second-order valence-corrected chi connectivity index (χ2v) is 5.21. The highest BCUT2D eigenvalue weighted by Gasteiger charge is 2.30. The fourth-order valence-corrected chi connectivity index (χ4v) is 2.19. The molecule has 0 heterocycles. The van der Waals surface area contributed by atoms with E-state index >= 15 is 0 Å². The first-order valence-corrected chi connectivity index (χ1v) is 7.19. The van der Waals surface area contributed by atoms with E-state index < -0.39 is 16.7 Å². The highest BCUT2D eigenvalue weighted by Crippen LogP contribution is 2.31. The molecule has 2 N–H and O–H groups in total. The molecule has 2 rings (SSSR count). The van der Waals surface area contributed by atoms with Crippen LogP contribution >= 0.6 is 12.2 Å². The van der Waals surface area contributed by atoms with E-state index in [1.807, 2.05) is 0 Å². The minimum atomic E-state index is -4.48. The van der Waals surface area contributed by atoms with Crippen molar-refractivity contribution in [1.29, 1.82) is 0 Å². The molecule has 0 amide bonds. The van der Waals surface area contributed by atoms with Crippen LogP contribution < -0.4 is 15.4 Å². The number of alkyl halides is 3. The second kappa shape index (κ2) is 7.34. The molecule has 0 atom stereocenters. The topological polar surface area (TPSA) is 76.4 Å². The smallest absolute Gasteiger partial charge is 0.416 e. The van der Waals surface area contributed by atoms with E-state index in [1.165, 1.54) is 37.4 Å². The van der Waals surface area contributed by atoms with Crippen molar-refractivity contribution in [3.63, 3.8) is 0 Å². The average molecular weight is 371 g/mol. The summed E-state index contributed by atoms with van der Waals surface area (Å²) in [5, 5.41) is 16.1. The normalized spacial score (nSPS) is 10.9. The summed E-state index contributed by atoms with van der Waals surface area (Å²) in [6.45, 7) is 0. The van der Waals surface area contributed by atoms with Crippen molar-refractivity contribution in [3.05, 3.63) is 58.1 Å². The lowest BCUT2D eigenvalue weighted by Crippen LogP contribution is -2.20. The Bertz CT molecular complexity index is 812. The zero-order valence-corrected chi connectivity index (χ0v) is 13.6. The predicted octanol–water partition coefficient (Wildman–Crippen LogP) is 4.43. The molecule has 0 radical (unpaired) electrons. The number of benzene rings is 2. The van der Waals surface area contributed by atoms with Gasteiger partial charge in [0.2, 0.25) is 0 Å². The van der Waals surface area contributed by atoms with Crippen molar-refractivity contribution >= 4 is 34.4 Å². The zero-order chi connectivity index (χ0) is 18.6. The number of non-ortho nitro benzene ring substituents is 1. The maximum absolute atomic E-state index is 12.7. The van der Waals surface area contributed by atoms with Gasteiger partial charge in [0, 0.05) is 17.8 Å². The van der Waals surface area contributed by atoms with Crippen molar-refractivity contribution < 1.29 is 22.8 Å². The number of anilines is 2. The number of methoxy groups -OCH3 is 1. The number of thiocarbonyl (C=S) groups is 1. The first kappa shape index (κ1) is 18.5. The van der Waals surface area contributed by atoms with Gasteiger partial charge in [-0.3, -0.25) is 10.1 Å². The Kier molecular flexibility index (Phi) is 5.42. The van der Waals surface area contributed by atoms with Gasteiger partial charge in [-0.05, 0) is 36.5 Å². The van der Waals surface area contributed by atoms with Crippen LogP contribution in [0.15, 0.2) is 42.5 Å². The highest BCUT2D eigenvalue weighted by atomic mass is 32.1. The van der Waals surface area contributed by atoms with Gasteiger partial charge in [-0.2, -0.15) is 13.2 Å². The number of hydrogen-bond donors (Lipinski definition) is 2. The van der Waals surface area contributed by atoms with Crippen LogP contribution in [0.25, 0.3) is 0 Å². The zero-order valence-electron chi connectivity index (χ0n) is 12.8. The molecule has 0 saturated carbocycles. The number of nitrogens with zero attached hydrogens (tertiary/aromatic N) is 1. The molecule has 10 heteroatoms. The summed E-state index contributed by atoms with van der Waals surface area (Å²) >= 11 is 5.04. The first-order chi connectivity index (χ1) is 11.7. The van der Waals surface area contributed by atoms with Crippen molar-refractivity contribution in [2.24, 2.45) is 0 Å². The van der Waals surface area contributed by atoms with Gasteiger partial charge >= 0.3 is 6.18 Å². The lowest BCUT2D eigenvalue weighted by atomic mass is 10.2. The summed E-state index contributed by atoms with van der Waals surface area (Å²) in [6, 6.07) is 8.33. The van der Waals surface area contributed by atoms with Gasteiger partial charge in [-0.25, -0.2) is 0 Å². The molecule has 132 valence electrons. The largest absolute Gasteiger partial charge is 0.495 e. The molecule has 0 aliphatic rings. The summed E-state index contributed by atoms with van der Waals surface area (Å²) < 4.78 is 43.2. The lowest BCUT2D eigenvalue weighted by Gasteiger charge is -2.14. The predicted molar refractivity (Wildman–Crippen MR) is 90.9 cm³/mol. The molecule has 25 heavy (non-hydrogen) atoms. The number of hydrogen-bond acceptors (Lipinski definition) is 4. The molecule has 2 aromatic rings. The Morgan fingerprint density at radius 2 is 1.92 bits per heavy atom. The molecular formula is C15H12F3N3O3S. The number of nitro groups is 1. The molecule has 6 nitrogen and oxygen atoms in total. The van der Waals surface area contributed by atoms with Gasteiger partial charge in [-0.15, -0.1) is 0 Å². The Hall–Kier alpha value is -2.88. The highest BCUT2D eigenvalue weighted by molar-refractivity contribution is 7.80. The fourth-order valence-electron chi connectivity index (χ4n) is 1.97. The third-order valence-corrected chi connectivity index (χ3v) is 3.29. The summed E-state index contributed by atoms with van der Waals surface area (Å²) in [7, 11) is 1.37. The number of ether oxygens (including phenoxy) is 1. The van der Waals surface area contributed by atoms with Crippen LogP contribution in [0.2, 0.25) is 0 Å². The summed E-state index contributed by atoms with van der Waals surface area (Å²) in [5.74, 6) is 0.291. The van der Waals surface area contributed by atoms with E-state index in [9.17, 15) is 23.3 Å². The Labute approximate surface area is 145 Å². The maximum atomic E-state index is 12.7. The van der Waals surface area contributed by atoms with Crippen LogP contribution in [0.3, 0.4) is 0 Å². The number of nitrogens with one attached hydrogen (secondary N) is 2. The standard InChI is InChI=1S/C15H12F3N3O3S/c1-24-13-6-5-11(21(22)23)8-12(13)20-14(25)19-10-4-2-3-9(7-10)15(16,17)18/h2-8H,1H3,(H2,19,20,25). The van der Waals surface area contributed by atoms with Gasteiger partial charge in [0.1, 0.15) is 5.75 Å². The van der Waals surface area contributed by atoms with E-state index in [2.05, 4.69) is 10.6 Å². The average Bonchev–Trinajstić information content (AvgIpc) is 2.54. The molecule has 0 aromatic heterocycles. The van der Waals surface area contributed by atoms with E-state index in [4.69, 9.17) is 17.0 Å². The molecule has 0 aliphatic carbocycles. The van der Waals surface area contributed by atoms with E-state index in [0.29, 0.717) is 5.75 Å². The molecule has 0 saturated heterocycles. The van der Waals surface area contributed by atoms with Crippen LogP contribution in [0.4, 0.5) is 30.2 Å². The number of rotatable bonds is 4. The molecule has 0 bridgehead atoms. The lowest BCUT2D eigenvalue weighted by molar-refractivity contribution is -0.384. The van der Waals surface area contributed by atoms with Crippen LogP contribution in [-0.2, 0) is 6.18 Å². The molecular weight excluding hydrogens is 359 g/mol. The third kappa shape index (κ3) is 4.80. The van der Waals surface area contributed by atoms with E-state index in [1.54, 1.807) is 0 Å². The van der Waals surface area contributed by atoms with Crippen LogP contribution in [-0.4, -0.2) is 17.1 Å². The maximum Gasteiger partial charge on any atom is 0.416 e. The molecule has 0 fully saturated rings. The second-order valence-electron chi connectivity index (χ2n) is 4.80. The number of nitro benzene ring substituents is 1. The monoisotopic (exact) mass is 371 g/mol. The van der Waals surface area contributed by atoms with Gasteiger partial charge in [0.15, 0.2) is 5.11 Å². The van der Waals surface area contributed by atoms with Gasteiger partial charge in [0.05, 0.1) is 23.3 Å². The summed E-state index contributed by atoms with van der Waals surface area (Å²) in [4.78, 5) is 10.3. The van der Waals surface area contributed by atoms with Crippen LogP contribution in [0.5, 0.6) is 5.75 Å². The SMILES string of the molecule is COc1ccc([N+](=O)[O-])cc1NC(=S)Nc1cccc(C(F)(F)F)c1. The third-order valence-electron chi connectivity index (χ3n) is 3.09. The Morgan fingerprint density at radius 1 is 1.20 bits per heavy atom. The number of halogens is 3. The van der Waals surface area contributed by atoms with Gasteiger partial charge in [0.25, 0.3) is 5.69 Å². The van der Waals surface area contributed by atoms with Crippen molar-refractivity contribution in [2.45, 2.75) is 6.18 Å². The first-order valence-electron chi connectivity index (χ1n) is 6.78. The van der Waals surface area contributed by atoms with Crippen LogP contribution in [0, 0.1) is 10.1 Å². The molecule has 2 aromatic carbocycles. The Balaban J connectivity index is 2.18. The summed E-state index contributed by atoms with van der Waals surface area (Å²) in [6.07, 6.45) is -4.48. The van der Waals surface area contributed by atoms with Gasteiger partial charge in [-0.1, -0.05) is 6.07 Å². The van der Waals surface area contributed by atoms with E-state index in [0.717, 1.165) is 12.1 Å².